The first-order chi connectivity index (χ1) is 30.7. The molecule has 1 fully saturated rings. The number of hydrogen-bond donors (Lipinski definition) is 8. The molecule has 0 saturated carbocycles. The highest BCUT2D eigenvalue weighted by molar-refractivity contribution is 5.95. The average molecular weight is 892 g/mol. The van der Waals surface area contributed by atoms with Crippen LogP contribution >= 0.6 is 0 Å². The van der Waals surface area contributed by atoms with Gasteiger partial charge in [-0.2, -0.15) is 0 Å². The van der Waals surface area contributed by atoms with Gasteiger partial charge in [-0.1, -0.05) is 125 Å². The van der Waals surface area contributed by atoms with Gasteiger partial charge in [0.2, 0.25) is 41.4 Å². The number of hydrogen-bond acceptors (Lipinski definition) is 9. The van der Waals surface area contributed by atoms with E-state index in [9.17, 15) is 48.6 Å². The summed E-state index contributed by atoms with van der Waals surface area (Å²) < 4.78 is 0. The number of carboxylic acids is 1. The second-order valence-corrected chi connectivity index (χ2v) is 16.8. The molecule has 17 heteroatoms. The third kappa shape index (κ3) is 19.7. The van der Waals surface area contributed by atoms with Gasteiger partial charge < -0.3 is 47.8 Å². The minimum absolute atomic E-state index is 0.0360. The molecule has 1 aliphatic heterocycles. The van der Waals surface area contributed by atoms with E-state index in [4.69, 9.17) is 11.5 Å². The maximum absolute atomic E-state index is 13.5. The van der Waals surface area contributed by atoms with Crippen molar-refractivity contribution < 1.29 is 48.6 Å². The second kappa shape index (κ2) is 28.8. The van der Waals surface area contributed by atoms with Crippen LogP contribution in [-0.2, 0) is 51.2 Å². The van der Waals surface area contributed by atoms with Gasteiger partial charge in [-0.05, 0) is 43.7 Å². The predicted octanol–water partition coefficient (Wildman–Crippen LogP) is 2.69. The highest BCUT2D eigenvalue weighted by Crippen LogP contribution is 2.21. The number of aliphatic hydroxyl groups is 1. The number of nitrogens with one attached hydrogen (secondary N) is 4. The first-order valence-electron chi connectivity index (χ1n) is 22.7. The van der Waals surface area contributed by atoms with Crippen molar-refractivity contribution in [3.05, 3.63) is 71.8 Å². The summed E-state index contributed by atoms with van der Waals surface area (Å²) in [6, 6.07) is 12.4. The summed E-state index contributed by atoms with van der Waals surface area (Å²) in [5, 5.41) is 30.4. The predicted molar refractivity (Wildman–Crippen MR) is 240 cm³/mol. The molecule has 6 atom stereocenters. The van der Waals surface area contributed by atoms with E-state index in [-0.39, 0.29) is 38.1 Å². The van der Waals surface area contributed by atoms with E-state index in [1.807, 2.05) is 30.3 Å². The van der Waals surface area contributed by atoms with Gasteiger partial charge in [-0.3, -0.25) is 33.6 Å². The van der Waals surface area contributed by atoms with Crippen LogP contribution in [-0.4, -0.2) is 105 Å². The summed E-state index contributed by atoms with van der Waals surface area (Å²) >= 11 is 0. The van der Waals surface area contributed by atoms with Gasteiger partial charge in [-0.15, -0.1) is 0 Å². The van der Waals surface area contributed by atoms with Crippen LogP contribution in [0.25, 0.3) is 0 Å². The number of carbonyl (C=O) groups is 8. The molecule has 2 aromatic carbocycles. The molecule has 0 aromatic heterocycles. The lowest BCUT2D eigenvalue weighted by Gasteiger charge is -2.30. The van der Waals surface area contributed by atoms with Gasteiger partial charge in [0.05, 0.1) is 12.5 Å². The monoisotopic (exact) mass is 892 g/mol. The normalized spacial score (nSPS) is 15.8. The zero-order chi connectivity index (χ0) is 46.9. The number of likely N-dealkylation sites (tertiary alicyclic amines) is 1. The molecule has 17 nitrogen and oxygen atoms in total. The van der Waals surface area contributed by atoms with E-state index in [1.54, 1.807) is 30.3 Å². The van der Waals surface area contributed by atoms with Crippen LogP contribution in [0.4, 0.5) is 0 Å². The molecule has 1 heterocycles. The highest BCUT2D eigenvalue weighted by atomic mass is 16.4. The highest BCUT2D eigenvalue weighted by Gasteiger charge is 2.40. The van der Waals surface area contributed by atoms with Crippen LogP contribution in [0.3, 0.4) is 0 Å². The number of carbonyl (C=O) groups excluding carboxylic acids is 7. The molecular formula is C47H69N7O10. The summed E-state index contributed by atoms with van der Waals surface area (Å²) in [7, 11) is 0. The third-order valence-corrected chi connectivity index (χ3v) is 11.4. The van der Waals surface area contributed by atoms with Gasteiger partial charge >= 0.3 is 5.97 Å². The Morgan fingerprint density at radius 1 is 0.641 bits per heavy atom. The Labute approximate surface area is 376 Å². The standard InChI is InChI=1S/C47H69N7O10/c1-32(55)42(46(62)54-28-20-25-38(54)45(61)51-35(43(49)59)29-33-21-14-12-15-22-33)53-41(58)27-19-11-9-7-5-3-2-4-6-8-10-18-26-40(57)50-36(31-39(48)56)44(60)52-37(47(63)64)30-34-23-16-13-17-24-34/h12-17,21-24,32,35-38,42,55H,2-11,18-20,25-31H2,1H3,(H2,48,56)(H2,49,59)(H,50,57)(H,51,61)(H,52,60)(H,53,58)(H,63,64)/t32?,35-,36-,37-,38-,42-/m0/s1. The van der Waals surface area contributed by atoms with Gasteiger partial charge in [0.25, 0.3) is 0 Å². The van der Waals surface area contributed by atoms with Gasteiger partial charge in [0, 0.05) is 32.2 Å². The van der Waals surface area contributed by atoms with E-state index in [2.05, 4.69) is 21.3 Å². The molecule has 2 aromatic rings. The van der Waals surface area contributed by atoms with E-state index in [1.165, 1.54) is 11.8 Å². The first kappa shape index (κ1) is 52.5. The number of rotatable bonds is 31. The molecule has 0 bridgehead atoms. The van der Waals surface area contributed by atoms with Crippen LogP contribution < -0.4 is 32.7 Å². The molecule has 10 N–H and O–H groups in total. The van der Waals surface area contributed by atoms with Crippen LogP contribution in [0.2, 0.25) is 0 Å². The lowest BCUT2D eigenvalue weighted by molar-refractivity contribution is -0.144. The number of primary amides is 2. The smallest absolute Gasteiger partial charge is 0.326 e. The second-order valence-electron chi connectivity index (χ2n) is 16.8. The Bertz CT molecular complexity index is 1810. The van der Waals surface area contributed by atoms with Crippen LogP contribution in [0.1, 0.15) is 127 Å². The number of aliphatic hydroxyl groups excluding tert-OH is 1. The lowest BCUT2D eigenvalue weighted by atomic mass is 10.0. The SMILES string of the molecule is CC(O)[C@H](NC(=O)CCCCCCCCCCCCCCC(=O)N[C@@H](CC(N)=O)C(=O)N[C@@H](Cc1ccccc1)C(=O)O)C(=O)N1CCC[C@H]1C(=O)N[C@@H](Cc1ccccc1)C(N)=O. The van der Waals surface area contributed by atoms with Gasteiger partial charge in [-0.25, -0.2) is 4.79 Å². The van der Waals surface area contributed by atoms with E-state index in [0.717, 1.165) is 69.8 Å². The molecule has 7 amide bonds. The minimum Gasteiger partial charge on any atom is -0.480 e. The maximum Gasteiger partial charge on any atom is 0.326 e. The van der Waals surface area contributed by atoms with Crippen molar-refractivity contribution in [1.29, 1.82) is 0 Å². The molecule has 0 radical (unpaired) electrons. The zero-order valence-corrected chi connectivity index (χ0v) is 37.1. The zero-order valence-electron chi connectivity index (χ0n) is 37.1. The summed E-state index contributed by atoms with van der Waals surface area (Å²) in [5.41, 5.74) is 12.4. The number of nitrogens with two attached hydrogens (primary N) is 2. The van der Waals surface area contributed by atoms with Crippen LogP contribution in [0.15, 0.2) is 60.7 Å². The van der Waals surface area contributed by atoms with E-state index < -0.39 is 84.1 Å². The Kier molecular flexibility index (Phi) is 23.6. The summed E-state index contributed by atoms with van der Waals surface area (Å²) in [6.07, 6.45) is 11.1. The Morgan fingerprint density at radius 2 is 1.11 bits per heavy atom. The van der Waals surface area contributed by atoms with E-state index in [0.29, 0.717) is 31.2 Å². The molecule has 1 unspecified atom stereocenters. The Hall–Kier alpha value is -5.84. The largest absolute Gasteiger partial charge is 0.480 e. The molecule has 3 rings (SSSR count). The quantitative estimate of drug-likeness (QED) is 0.0513. The van der Waals surface area contributed by atoms with Crippen molar-refractivity contribution in [3.8, 4) is 0 Å². The lowest BCUT2D eigenvalue weighted by Crippen LogP contribution is -2.58. The van der Waals surface area contributed by atoms with Crippen molar-refractivity contribution in [2.24, 2.45) is 11.5 Å². The van der Waals surface area contributed by atoms with Gasteiger partial charge in [0.1, 0.15) is 30.2 Å². The topological polar surface area (TPSA) is 280 Å². The summed E-state index contributed by atoms with van der Waals surface area (Å²) in [5.74, 6) is -5.34. The molecule has 0 spiro atoms. The minimum atomic E-state index is -1.27. The van der Waals surface area contributed by atoms with Crippen LogP contribution in [0, 0.1) is 0 Å². The van der Waals surface area contributed by atoms with E-state index >= 15 is 0 Å². The Morgan fingerprint density at radius 3 is 1.56 bits per heavy atom. The van der Waals surface area contributed by atoms with Crippen molar-refractivity contribution >= 4 is 47.3 Å². The molecule has 64 heavy (non-hydrogen) atoms. The number of amides is 7. The fourth-order valence-corrected chi connectivity index (χ4v) is 7.79. The van der Waals surface area contributed by atoms with Gasteiger partial charge in [0.15, 0.2) is 0 Å². The fourth-order valence-electron chi connectivity index (χ4n) is 7.79. The van der Waals surface area contributed by atoms with Crippen molar-refractivity contribution in [2.45, 2.75) is 165 Å². The molecule has 352 valence electrons. The molecular weight excluding hydrogens is 823 g/mol. The number of nitrogens with zero attached hydrogens (tertiary/aromatic N) is 1. The third-order valence-electron chi connectivity index (χ3n) is 11.4. The number of carboxylic acid groups (broad SMARTS) is 1. The van der Waals surface area contributed by atoms with Crippen molar-refractivity contribution in [2.75, 3.05) is 6.54 Å². The number of benzene rings is 2. The summed E-state index contributed by atoms with van der Waals surface area (Å²) in [6.45, 7) is 1.70. The molecule has 1 saturated heterocycles. The van der Waals surface area contributed by atoms with Crippen molar-refractivity contribution in [3.63, 3.8) is 0 Å². The first-order valence-corrected chi connectivity index (χ1v) is 22.7. The number of unbranched alkanes of at least 4 members (excludes halogenated alkanes) is 11. The molecule has 1 aliphatic rings. The summed E-state index contributed by atoms with van der Waals surface area (Å²) in [4.78, 5) is 102. The maximum atomic E-state index is 13.5. The van der Waals surface area contributed by atoms with Crippen LogP contribution in [0.5, 0.6) is 0 Å². The number of aliphatic carboxylic acids is 1. The Balaban J connectivity index is 1.24. The molecule has 0 aliphatic carbocycles. The average Bonchev–Trinajstić information content (AvgIpc) is 3.76. The van der Waals surface area contributed by atoms with Crippen molar-refractivity contribution in [1.82, 2.24) is 26.2 Å². The fraction of sp³-hybridized carbons (Fsp3) is 0.574.